The average molecular weight is 345 g/mol. The van der Waals surface area contributed by atoms with Crippen LogP contribution in [0.25, 0.3) is 11.5 Å². The van der Waals surface area contributed by atoms with Crippen molar-refractivity contribution in [3.8, 4) is 11.5 Å². The molecule has 0 spiro atoms. The number of carbonyl (C=O) groups excluding carboxylic acids is 2. The number of hydrogen-bond acceptors (Lipinski definition) is 7. The van der Waals surface area contributed by atoms with Crippen molar-refractivity contribution in [2.45, 2.75) is 13.5 Å². The van der Waals surface area contributed by atoms with Crippen molar-refractivity contribution in [3.05, 3.63) is 47.3 Å². The largest absolute Gasteiger partial charge is 0.463 e. The lowest BCUT2D eigenvalue weighted by Crippen LogP contribution is -2.24. The number of hydrogen-bond donors (Lipinski definition) is 0. The third-order valence-corrected chi connectivity index (χ3v) is 4.24. The summed E-state index contributed by atoms with van der Waals surface area (Å²) in [7, 11) is 0. The van der Waals surface area contributed by atoms with Crippen LogP contribution in [0.3, 0.4) is 0 Å². The van der Waals surface area contributed by atoms with Crippen molar-refractivity contribution in [2.75, 3.05) is 12.4 Å². The highest BCUT2D eigenvalue weighted by atomic mass is 32.2. The van der Waals surface area contributed by atoms with Crippen LogP contribution in [-0.4, -0.2) is 39.3 Å². The molecule has 0 unspecified atom stereocenters. The average Bonchev–Trinajstić information content (AvgIpc) is 3.18. The van der Waals surface area contributed by atoms with E-state index < -0.39 is 5.97 Å². The fourth-order valence-electron chi connectivity index (χ4n) is 2.13. The Morgan fingerprint density at radius 3 is 2.92 bits per heavy atom. The molecule has 1 amide bonds. The molecule has 7 nitrogen and oxygen atoms in total. The fourth-order valence-corrected chi connectivity index (χ4v) is 3.06. The molecule has 1 aliphatic rings. The molecule has 1 aromatic heterocycles. The highest BCUT2D eigenvalue weighted by Gasteiger charge is 2.29. The summed E-state index contributed by atoms with van der Waals surface area (Å²) in [6, 6.07) is 9.37. The van der Waals surface area contributed by atoms with E-state index in [1.54, 1.807) is 6.92 Å². The summed E-state index contributed by atoms with van der Waals surface area (Å²) in [5.41, 5.74) is 0.806. The van der Waals surface area contributed by atoms with Crippen LogP contribution < -0.4 is 0 Å². The lowest BCUT2D eigenvalue weighted by Gasteiger charge is -2.14. The third-order valence-electron chi connectivity index (χ3n) is 3.22. The quantitative estimate of drug-likeness (QED) is 0.606. The summed E-state index contributed by atoms with van der Waals surface area (Å²) in [5, 5.41) is 8.50. The number of nitrogens with zero attached hydrogens (tertiary/aromatic N) is 3. The topological polar surface area (TPSA) is 85.5 Å². The number of esters is 1. The van der Waals surface area contributed by atoms with Crippen LogP contribution in [-0.2, 0) is 20.9 Å². The second kappa shape index (κ2) is 7.31. The lowest BCUT2D eigenvalue weighted by atomic mass is 10.2. The highest BCUT2D eigenvalue weighted by Crippen LogP contribution is 2.30. The van der Waals surface area contributed by atoms with E-state index in [9.17, 15) is 9.59 Å². The van der Waals surface area contributed by atoms with E-state index in [1.807, 2.05) is 30.3 Å². The molecular formula is C16H15N3O4S. The van der Waals surface area contributed by atoms with Crippen molar-refractivity contribution in [2.24, 2.45) is 0 Å². The zero-order valence-electron chi connectivity index (χ0n) is 13.0. The van der Waals surface area contributed by atoms with Gasteiger partial charge in [-0.25, -0.2) is 4.79 Å². The van der Waals surface area contributed by atoms with E-state index >= 15 is 0 Å². The minimum atomic E-state index is -0.477. The summed E-state index contributed by atoms with van der Waals surface area (Å²) >= 11 is 1.28. The van der Waals surface area contributed by atoms with Gasteiger partial charge in [0.2, 0.25) is 17.7 Å². The number of thioether (sulfide) groups is 1. The van der Waals surface area contributed by atoms with Crippen molar-refractivity contribution < 1.29 is 18.7 Å². The molecule has 0 bridgehead atoms. The highest BCUT2D eigenvalue weighted by molar-refractivity contribution is 8.04. The zero-order chi connectivity index (χ0) is 16.9. The predicted molar refractivity (Wildman–Crippen MR) is 87.5 cm³/mol. The summed E-state index contributed by atoms with van der Waals surface area (Å²) in [5.74, 6) is 0.371. The predicted octanol–water partition coefficient (Wildman–Crippen LogP) is 2.22. The maximum Gasteiger partial charge on any atom is 0.333 e. The smallest absolute Gasteiger partial charge is 0.333 e. The number of carbonyl (C=O) groups is 2. The molecule has 3 rings (SSSR count). The Bertz CT molecular complexity index is 773. The van der Waals surface area contributed by atoms with Crippen LogP contribution >= 0.6 is 11.8 Å². The molecule has 0 aliphatic carbocycles. The van der Waals surface area contributed by atoms with Gasteiger partial charge in [0.15, 0.2) is 0 Å². The Kier molecular flexibility index (Phi) is 4.95. The van der Waals surface area contributed by atoms with Crippen molar-refractivity contribution in [3.63, 3.8) is 0 Å². The number of amides is 1. The second-order valence-corrected chi connectivity index (χ2v) is 5.87. The van der Waals surface area contributed by atoms with Gasteiger partial charge in [0, 0.05) is 5.56 Å². The molecule has 0 saturated carbocycles. The van der Waals surface area contributed by atoms with Gasteiger partial charge >= 0.3 is 5.97 Å². The SMILES string of the molecule is CCOC(=O)/C=C1/SCC(=O)N1Cc1nnc(-c2ccccc2)o1. The minimum absolute atomic E-state index is 0.116. The molecule has 0 radical (unpaired) electrons. The molecule has 2 aromatic rings. The number of benzene rings is 1. The second-order valence-electron chi connectivity index (χ2n) is 4.87. The third kappa shape index (κ3) is 3.65. The van der Waals surface area contributed by atoms with Crippen LogP contribution in [0.1, 0.15) is 12.8 Å². The van der Waals surface area contributed by atoms with E-state index in [0.29, 0.717) is 16.8 Å². The van der Waals surface area contributed by atoms with E-state index in [0.717, 1.165) is 5.56 Å². The monoisotopic (exact) mass is 345 g/mol. The summed E-state index contributed by atoms with van der Waals surface area (Å²) in [6.07, 6.45) is 1.31. The van der Waals surface area contributed by atoms with Gasteiger partial charge in [0.1, 0.15) is 6.54 Å². The first-order valence-corrected chi connectivity index (χ1v) is 8.35. The Hall–Kier alpha value is -2.61. The first-order valence-electron chi connectivity index (χ1n) is 7.36. The molecule has 0 atom stereocenters. The fraction of sp³-hybridized carbons (Fsp3) is 0.250. The Labute approximate surface area is 142 Å². The number of rotatable bonds is 5. The van der Waals surface area contributed by atoms with Crippen molar-refractivity contribution in [1.29, 1.82) is 0 Å². The Balaban J connectivity index is 1.75. The molecular weight excluding hydrogens is 330 g/mol. The van der Waals surface area contributed by atoms with E-state index in [1.165, 1.54) is 22.7 Å². The molecule has 124 valence electrons. The maximum atomic E-state index is 12.0. The van der Waals surface area contributed by atoms with Crippen LogP contribution in [0.5, 0.6) is 0 Å². The number of aromatic nitrogens is 2. The van der Waals surface area contributed by atoms with Gasteiger partial charge < -0.3 is 9.15 Å². The van der Waals surface area contributed by atoms with E-state index in [4.69, 9.17) is 9.15 Å². The van der Waals surface area contributed by atoms with E-state index in [2.05, 4.69) is 10.2 Å². The summed E-state index contributed by atoms with van der Waals surface area (Å²) < 4.78 is 10.5. The molecule has 2 heterocycles. The van der Waals surface area contributed by atoms with Gasteiger partial charge in [-0.2, -0.15) is 0 Å². The van der Waals surface area contributed by atoms with Gasteiger partial charge in [-0.05, 0) is 19.1 Å². The van der Waals surface area contributed by atoms with Crippen LogP contribution in [0.2, 0.25) is 0 Å². The van der Waals surface area contributed by atoms with Gasteiger partial charge in [-0.3, -0.25) is 9.69 Å². The molecule has 1 aromatic carbocycles. The van der Waals surface area contributed by atoms with Crippen LogP contribution in [0.15, 0.2) is 45.9 Å². The summed E-state index contributed by atoms with van der Waals surface area (Å²) in [6.45, 7) is 2.13. The normalized spacial score (nSPS) is 16.0. The molecule has 24 heavy (non-hydrogen) atoms. The van der Waals surface area contributed by atoms with Gasteiger partial charge in [0.25, 0.3) is 0 Å². The standard InChI is InChI=1S/C16H15N3O4S/c1-2-22-15(21)8-14-19(13(20)10-24-14)9-12-17-18-16(23-12)11-6-4-3-5-7-11/h3-8H,2,9-10H2,1H3/b14-8+. The lowest BCUT2D eigenvalue weighted by molar-refractivity contribution is -0.137. The first-order chi connectivity index (χ1) is 11.7. The van der Waals surface area contributed by atoms with Gasteiger partial charge in [-0.15, -0.1) is 10.2 Å². The Morgan fingerprint density at radius 1 is 1.38 bits per heavy atom. The molecule has 1 aliphatic heterocycles. The van der Waals surface area contributed by atoms with E-state index in [-0.39, 0.29) is 24.8 Å². The molecule has 1 saturated heterocycles. The molecule has 8 heteroatoms. The summed E-state index contributed by atoms with van der Waals surface area (Å²) in [4.78, 5) is 25.1. The van der Waals surface area contributed by atoms with Crippen molar-refractivity contribution in [1.82, 2.24) is 15.1 Å². The number of ether oxygens (including phenoxy) is 1. The van der Waals surface area contributed by atoms with Crippen LogP contribution in [0, 0.1) is 0 Å². The first kappa shape index (κ1) is 16.3. The Morgan fingerprint density at radius 2 is 2.17 bits per heavy atom. The van der Waals surface area contributed by atoms with Crippen molar-refractivity contribution >= 4 is 23.6 Å². The zero-order valence-corrected chi connectivity index (χ0v) is 13.8. The molecule has 1 fully saturated rings. The van der Waals surface area contributed by atoms with Gasteiger partial charge in [-0.1, -0.05) is 30.0 Å². The maximum absolute atomic E-state index is 12.0. The minimum Gasteiger partial charge on any atom is -0.463 e. The van der Waals surface area contributed by atoms with Gasteiger partial charge in [0.05, 0.1) is 23.5 Å². The van der Waals surface area contributed by atoms with Crippen LogP contribution in [0.4, 0.5) is 0 Å². The molecule has 0 N–H and O–H groups in total.